The van der Waals surface area contributed by atoms with Gasteiger partial charge in [-0.2, -0.15) is 0 Å². The molecule has 0 radical (unpaired) electrons. The van der Waals surface area contributed by atoms with E-state index in [4.69, 9.17) is 4.74 Å². The van der Waals surface area contributed by atoms with Crippen molar-refractivity contribution in [3.8, 4) is 0 Å². The molecule has 2 nitrogen and oxygen atoms in total. The number of nitrogens with one attached hydrogen (secondary N) is 1. The Hall–Kier alpha value is -0.930. The smallest absolute Gasteiger partial charge is 0.123 e. The molecule has 1 aliphatic rings. The van der Waals surface area contributed by atoms with Crippen molar-refractivity contribution in [2.45, 2.75) is 38.5 Å². The highest BCUT2D eigenvalue weighted by Crippen LogP contribution is 2.31. The molecule has 2 rings (SSSR count). The van der Waals surface area contributed by atoms with Gasteiger partial charge in [0.25, 0.3) is 0 Å². The van der Waals surface area contributed by atoms with Gasteiger partial charge in [-0.05, 0) is 48.9 Å². The molecule has 1 N–H and O–H groups in total. The predicted octanol–water partition coefficient (Wildman–Crippen LogP) is 3.80. The van der Waals surface area contributed by atoms with Crippen molar-refractivity contribution in [2.75, 3.05) is 26.8 Å². The van der Waals surface area contributed by atoms with Crippen molar-refractivity contribution in [1.29, 1.82) is 0 Å². The SMILES string of the molecule is COCCNCC(Cc1ccc(F)cc1)CC1CCCC1. The molecule has 21 heavy (non-hydrogen) atoms. The van der Waals surface area contributed by atoms with Gasteiger partial charge < -0.3 is 10.1 Å². The van der Waals surface area contributed by atoms with Crippen LogP contribution in [-0.2, 0) is 11.2 Å². The number of hydrogen-bond donors (Lipinski definition) is 1. The summed E-state index contributed by atoms with van der Waals surface area (Å²) in [6.45, 7) is 2.69. The molecule has 0 aromatic heterocycles. The molecule has 0 heterocycles. The van der Waals surface area contributed by atoms with Crippen molar-refractivity contribution in [1.82, 2.24) is 5.32 Å². The second-order valence-corrected chi connectivity index (χ2v) is 6.28. The van der Waals surface area contributed by atoms with Crippen LogP contribution in [0.4, 0.5) is 4.39 Å². The number of rotatable bonds is 9. The van der Waals surface area contributed by atoms with Gasteiger partial charge in [0.2, 0.25) is 0 Å². The second-order valence-electron chi connectivity index (χ2n) is 6.28. The maximum atomic E-state index is 13.0. The molecule has 1 aromatic rings. The van der Waals surface area contributed by atoms with Crippen molar-refractivity contribution < 1.29 is 9.13 Å². The molecule has 0 saturated heterocycles. The quantitative estimate of drug-likeness (QED) is 0.699. The maximum Gasteiger partial charge on any atom is 0.123 e. The Morgan fingerprint density at radius 2 is 1.95 bits per heavy atom. The molecule has 0 amide bonds. The molecule has 1 aromatic carbocycles. The lowest BCUT2D eigenvalue weighted by Gasteiger charge is -2.21. The fraction of sp³-hybridized carbons (Fsp3) is 0.667. The van der Waals surface area contributed by atoms with Gasteiger partial charge in [-0.15, -0.1) is 0 Å². The van der Waals surface area contributed by atoms with Crippen LogP contribution in [0.2, 0.25) is 0 Å². The van der Waals surface area contributed by atoms with E-state index >= 15 is 0 Å². The first-order valence-electron chi connectivity index (χ1n) is 8.22. The van der Waals surface area contributed by atoms with E-state index < -0.39 is 0 Å². The fourth-order valence-corrected chi connectivity index (χ4v) is 3.39. The first kappa shape index (κ1) is 16.4. The Bertz CT molecular complexity index is 387. The Morgan fingerprint density at radius 3 is 2.62 bits per heavy atom. The van der Waals surface area contributed by atoms with E-state index in [1.54, 1.807) is 19.2 Å². The highest BCUT2D eigenvalue weighted by Gasteiger charge is 2.20. The first-order chi connectivity index (χ1) is 10.3. The monoisotopic (exact) mass is 293 g/mol. The van der Waals surface area contributed by atoms with Crippen LogP contribution >= 0.6 is 0 Å². The summed E-state index contributed by atoms with van der Waals surface area (Å²) in [6, 6.07) is 6.99. The Kier molecular flexibility index (Phi) is 7.17. The zero-order valence-electron chi connectivity index (χ0n) is 13.1. The summed E-state index contributed by atoms with van der Waals surface area (Å²) in [5.74, 6) is 1.37. The van der Waals surface area contributed by atoms with Crippen LogP contribution in [0.15, 0.2) is 24.3 Å². The maximum absolute atomic E-state index is 13.0. The highest BCUT2D eigenvalue weighted by atomic mass is 19.1. The Morgan fingerprint density at radius 1 is 1.24 bits per heavy atom. The normalized spacial score (nSPS) is 17.2. The van der Waals surface area contributed by atoms with E-state index in [0.717, 1.165) is 32.0 Å². The summed E-state index contributed by atoms with van der Waals surface area (Å²) in [5, 5.41) is 3.49. The summed E-state index contributed by atoms with van der Waals surface area (Å²) < 4.78 is 18.1. The molecular formula is C18H28FNO. The third-order valence-electron chi connectivity index (χ3n) is 4.50. The van der Waals surface area contributed by atoms with Gasteiger partial charge in [0.15, 0.2) is 0 Å². The summed E-state index contributed by atoms with van der Waals surface area (Å²) >= 11 is 0. The third-order valence-corrected chi connectivity index (χ3v) is 4.50. The minimum absolute atomic E-state index is 0.149. The number of ether oxygens (including phenoxy) is 1. The second kappa shape index (κ2) is 9.16. The van der Waals surface area contributed by atoms with Crippen LogP contribution in [0.25, 0.3) is 0 Å². The molecule has 1 unspecified atom stereocenters. The molecule has 1 atom stereocenters. The Balaban J connectivity index is 1.85. The standard InChI is InChI=1S/C18H28FNO/c1-21-11-10-20-14-17(12-15-4-2-3-5-15)13-16-6-8-18(19)9-7-16/h6-9,15,17,20H,2-5,10-14H2,1H3. The Labute approximate surface area is 128 Å². The van der Waals surface area contributed by atoms with Gasteiger partial charge in [0, 0.05) is 13.7 Å². The molecule has 1 aliphatic carbocycles. The van der Waals surface area contributed by atoms with E-state index in [1.807, 2.05) is 12.1 Å². The predicted molar refractivity (Wildman–Crippen MR) is 84.9 cm³/mol. The van der Waals surface area contributed by atoms with Gasteiger partial charge >= 0.3 is 0 Å². The molecule has 0 spiro atoms. The summed E-state index contributed by atoms with van der Waals surface area (Å²) in [6.07, 6.45) is 7.89. The number of benzene rings is 1. The lowest BCUT2D eigenvalue weighted by molar-refractivity contribution is 0.196. The number of hydrogen-bond acceptors (Lipinski definition) is 2. The van der Waals surface area contributed by atoms with Crippen LogP contribution in [-0.4, -0.2) is 26.8 Å². The highest BCUT2D eigenvalue weighted by molar-refractivity contribution is 5.16. The topological polar surface area (TPSA) is 21.3 Å². The van der Waals surface area contributed by atoms with Gasteiger partial charge in [0.1, 0.15) is 5.82 Å². The number of methoxy groups -OCH3 is 1. The molecule has 0 aliphatic heterocycles. The van der Waals surface area contributed by atoms with Gasteiger partial charge in [-0.1, -0.05) is 37.8 Å². The first-order valence-corrected chi connectivity index (χ1v) is 8.22. The van der Waals surface area contributed by atoms with Crippen LogP contribution < -0.4 is 5.32 Å². The lowest BCUT2D eigenvalue weighted by Crippen LogP contribution is -2.28. The van der Waals surface area contributed by atoms with E-state index in [1.165, 1.54) is 37.7 Å². The van der Waals surface area contributed by atoms with Crippen LogP contribution in [0.3, 0.4) is 0 Å². The zero-order valence-corrected chi connectivity index (χ0v) is 13.1. The summed E-state index contributed by atoms with van der Waals surface area (Å²) in [5.41, 5.74) is 1.24. The van der Waals surface area contributed by atoms with E-state index in [9.17, 15) is 4.39 Å². The van der Waals surface area contributed by atoms with Crippen LogP contribution in [0.5, 0.6) is 0 Å². The fourth-order valence-electron chi connectivity index (χ4n) is 3.39. The van der Waals surface area contributed by atoms with Crippen molar-refractivity contribution in [2.24, 2.45) is 11.8 Å². The summed E-state index contributed by atoms with van der Waals surface area (Å²) in [7, 11) is 1.73. The van der Waals surface area contributed by atoms with Gasteiger partial charge in [-0.3, -0.25) is 0 Å². The zero-order chi connectivity index (χ0) is 14.9. The molecule has 1 fully saturated rings. The van der Waals surface area contributed by atoms with Crippen molar-refractivity contribution in [3.05, 3.63) is 35.6 Å². The van der Waals surface area contributed by atoms with Gasteiger partial charge in [0.05, 0.1) is 6.61 Å². The molecule has 3 heteroatoms. The molecule has 118 valence electrons. The molecule has 1 saturated carbocycles. The number of halogens is 1. The van der Waals surface area contributed by atoms with Crippen LogP contribution in [0.1, 0.15) is 37.7 Å². The van der Waals surface area contributed by atoms with Crippen LogP contribution in [0, 0.1) is 17.7 Å². The van der Waals surface area contributed by atoms with E-state index in [-0.39, 0.29) is 5.82 Å². The van der Waals surface area contributed by atoms with E-state index in [2.05, 4.69) is 5.32 Å². The minimum Gasteiger partial charge on any atom is -0.383 e. The van der Waals surface area contributed by atoms with E-state index in [0.29, 0.717) is 5.92 Å². The minimum atomic E-state index is -0.149. The average molecular weight is 293 g/mol. The summed E-state index contributed by atoms with van der Waals surface area (Å²) in [4.78, 5) is 0. The van der Waals surface area contributed by atoms with Crippen molar-refractivity contribution >= 4 is 0 Å². The third kappa shape index (κ3) is 6.15. The molecule has 0 bridgehead atoms. The van der Waals surface area contributed by atoms with Gasteiger partial charge in [-0.25, -0.2) is 4.39 Å². The van der Waals surface area contributed by atoms with Crippen molar-refractivity contribution in [3.63, 3.8) is 0 Å². The average Bonchev–Trinajstić information content (AvgIpc) is 2.99. The largest absolute Gasteiger partial charge is 0.383 e. The molecular weight excluding hydrogens is 265 g/mol. The lowest BCUT2D eigenvalue weighted by atomic mass is 9.88.